The van der Waals surface area contributed by atoms with Crippen LogP contribution in [-0.2, 0) is 0 Å². The van der Waals surface area contributed by atoms with Gasteiger partial charge in [-0.3, -0.25) is 4.79 Å². The van der Waals surface area contributed by atoms with Gasteiger partial charge >= 0.3 is 12.3 Å². The minimum absolute atomic E-state index is 0.226. The molecule has 0 aliphatic carbocycles. The van der Waals surface area contributed by atoms with Gasteiger partial charge in [-0.15, -0.1) is 13.2 Å². The number of rotatable bonds is 3. The Morgan fingerprint density at radius 2 is 1.94 bits per heavy atom. The zero-order valence-electron chi connectivity index (χ0n) is 8.22. The van der Waals surface area contributed by atoms with Crippen LogP contribution in [0, 0.1) is 0 Å². The molecule has 1 aromatic heterocycles. The van der Waals surface area contributed by atoms with Crippen LogP contribution < -0.4 is 10.2 Å². The maximum atomic E-state index is 12.3. The number of H-pyrrole nitrogens is 1. The van der Waals surface area contributed by atoms with Gasteiger partial charge in [-0.2, -0.15) is 0 Å². The van der Waals surface area contributed by atoms with Crippen LogP contribution in [0.2, 0.25) is 0 Å². The van der Waals surface area contributed by atoms with E-state index in [4.69, 9.17) is 5.11 Å². The minimum atomic E-state index is -5.24. The number of carboxylic acids is 1. The lowest BCUT2D eigenvalue weighted by Crippen LogP contribution is -2.26. The third-order valence-corrected chi connectivity index (χ3v) is 1.74. The number of alkyl halides is 5. The largest absolute Gasteiger partial charge is 0.573 e. The van der Waals surface area contributed by atoms with E-state index in [0.29, 0.717) is 0 Å². The van der Waals surface area contributed by atoms with Crippen molar-refractivity contribution in [3.05, 3.63) is 27.7 Å². The molecule has 0 saturated carbocycles. The second kappa shape index (κ2) is 4.63. The Bertz CT molecular complexity index is 521. The van der Waals surface area contributed by atoms with E-state index in [-0.39, 0.29) is 6.20 Å². The maximum absolute atomic E-state index is 12.3. The van der Waals surface area contributed by atoms with E-state index in [0.717, 1.165) is 0 Å². The number of carboxylic acid groups (broad SMARTS) is 1. The second-order valence-corrected chi connectivity index (χ2v) is 2.92. The fourth-order valence-corrected chi connectivity index (χ4v) is 1.11. The van der Waals surface area contributed by atoms with Crippen LogP contribution in [0.15, 0.2) is 11.0 Å². The van der Waals surface area contributed by atoms with Crippen molar-refractivity contribution in [3.8, 4) is 5.75 Å². The first-order chi connectivity index (χ1) is 8.13. The summed E-state index contributed by atoms with van der Waals surface area (Å²) in [6.45, 7) is 0. The first-order valence-corrected chi connectivity index (χ1v) is 4.16. The third kappa shape index (κ3) is 2.96. The van der Waals surface area contributed by atoms with E-state index in [9.17, 15) is 31.5 Å². The number of carbonyl (C=O) groups is 1. The van der Waals surface area contributed by atoms with Gasteiger partial charge in [0.1, 0.15) is 11.3 Å². The van der Waals surface area contributed by atoms with E-state index in [1.54, 1.807) is 4.98 Å². The molecule has 0 aliphatic heterocycles. The van der Waals surface area contributed by atoms with Crippen molar-refractivity contribution in [1.29, 1.82) is 0 Å². The van der Waals surface area contributed by atoms with Gasteiger partial charge in [-0.1, -0.05) is 0 Å². The number of nitrogens with one attached hydrogen (secondary N) is 1. The Hall–Kier alpha value is -2.13. The average Bonchev–Trinajstić information content (AvgIpc) is 2.17. The lowest BCUT2D eigenvalue weighted by molar-refractivity contribution is -0.275. The summed E-state index contributed by atoms with van der Waals surface area (Å²) < 4.78 is 63.4. The molecule has 0 fully saturated rings. The molecule has 0 bridgehead atoms. The van der Waals surface area contributed by atoms with Crippen LogP contribution in [0.5, 0.6) is 5.75 Å². The van der Waals surface area contributed by atoms with Gasteiger partial charge in [0.25, 0.3) is 6.43 Å². The second-order valence-electron chi connectivity index (χ2n) is 2.92. The van der Waals surface area contributed by atoms with Crippen molar-refractivity contribution in [1.82, 2.24) is 4.98 Å². The Morgan fingerprint density at radius 3 is 2.33 bits per heavy atom. The summed E-state index contributed by atoms with van der Waals surface area (Å²) >= 11 is 0. The van der Waals surface area contributed by atoms with Gasteiger partial charge in [0.2, 0.25) is 5.43 Å². The van der Waals surface area contributed by atoms with Crippen LogP contribution in [0.4, 0.5) is 22.0 Å². The number of pyridine rings is 1. The molecular formula is C8H4F5NO4. The predicted molar refractivity (Wildman–Crippen MR) is 45.7 cm³/mol. The molecule has 0 aliphatic rings. The number of hydrogen-bond donors (Lipinski definition) is 2. The molecule has 0 aromatic carbocycles. The van der Waals surface area contributed by atoms with Gasteiger partial charge < -0.3 is 14.8 Å². The average molecular weight is 273 g/mol. The highest BCUT2D eigenvalue weighted by Gasteiger charge is 2.34. The zero-order chi connectivity index (χ0) is 14.1. The number of aromatic nitrogens is 1. The van der Waals surface area contributed by atoms with E-state index in [1.807, 2.05) is 0 Å². The number of aromatic amines is 1. The third-order valence-electron chi connectivity index (χ3n) is 1.74. The molecule has 18 heavy (non-hydrogen) atoms. The molecular weight excluding hydrogens is 269 g/mol. The fraction of sp³-hybridized carbons (Fsp3) is 0.250. The summed E-state index contributed by atoms with van der Waals surface area (Å²) in [4.78, 5) is 23.4. The summed E-state index contributed by atoms with van der Waals surface area (Å²) in [6, 6.07) is 0. The standard InChI is InChI=1S/C8H4F5NO4/c9-6(10)4-3(7(16)17)5(15)2(1-14-4)18-8(11,12)13/h1,6H,(H,14,15)(H,16,17). The highest BCUT2D eigenvalue weighted by molar-refractivity contribution is 5.89. The van der Waals surface area contributed by atoms with Crippen molar-refractivity contribution in [2.75, 3.05) is 0 Å². The number of halogens is 5. The summed E-state index contributed by atoms with van der Waals surface area (Å²) in [5, 5.41) is 8.53. The Balaban J connectivity index is 3.41. The fourth-order valence-electron chi connectivity index (χ4n) is 1.11. The van der Waals surface area contributed by atoms with E-state index < -0.39 is 41.2 Å². The zero-order valence-corrected chi connectivity index (χ0v) is 8.22. The first-order valence-electron chi connectivity index (χ1n) is 4.16. The van der Waals surface area contributed by atoms with Gasteiger partial charge in [-0.05, 0) is 0 Å². The SMILES string of the molecule is O=C(O)c1c(C(F)F)[nH]cc(OC(F)(F)F)c1=O. The van der Waals surface area contributed by atoms with E-state index >= 15 is 0 Å². The van der Waals surface area contributed by atoms with Crippen LogP contribution >= 0.6 is 0 Å². The number of hydrogen-bond acceptors (Lipinski definition) is 3. The van der Waals surface area contributed by atoms with Crippen LogP contribution in [0.3, 0.4) is 0 Å². The highest BCUT2D eigenvalue weighted by Crippen LogP contribution is 2.23. The normalized spacial score (nSPS) is 11.7. The first kappa shape index (κ1) is 13.9. The molecule has 0 amide bonds. The minimum Gasteiger partial charge on any atom is -0.477 e. The summed E-state index contributed by atoms with van der Waals surface area (Å²) in [5.74, 6) is -3.51. The quantitative estimate of drug-likeness (QED) is 0.824. The van der Waals surface area contributed by atoms with Crippen LogP contribution in [0.25, 0.3) is 0 Å². The van der Waals surface area contributed by atoms with Crippen molar-refractivity contribution in [2.45, 2.75) is 12.8 Å². The maximum Gasteiger partial charge on any atom is 0.573 e. The molecule has 10 heteroatoms. The molecule has 1 aromatic rings. The molecule has 0 atom stereocenters. The van der Waals surface area contributed by atoms with Crippen LogP contribution in [-0.4, -0.2) is 22.4 Å². The van der Waals surface area contributed by atoms with E-state index in [2.05, 4.69) is 4.74 Å². The lowest BCUT2D eigenvalue weighted by atomic mass is 10.2. The Morgan fingerprint density at radius 1 is 1.39 bits per heavy atom. The van der Waals surface area contributed by atoms with Gasteiger partial charge in [0, 0.05) is 6.20 Å². The van der Waals surface area contributed by atoms with Gasteiger partial charge in [0.05, 0.1) is 0 Å². The molecule has 1 rings (SSSR count). The smallest absolute Gasteiger partial charge is 0.477 e. The highest BCUT2D eigenvalue weighted by atomic mass is 19.4. The molecule has 0 unspecified atom stereocenters. The monoisotopic (exact) mass is 273 g/mol. The molecule has 5 nitrogen and oxygen atoms in total. The topological polar surface area (TPSA) is 79.4 Å². The lowest BCUT2D eigenvalue weighted by Gasteiger charge is -2.10. The Labute approximate surface area is 94.8 Å². The predicted octanol–water partition coefficient (Wildman–Crippen LogP) is 1.91. The van der Waals surface area contributed by atoms with Crippen molar-refractivity contribution < 1.29 is 36.6 Å². The molecule has 0 spiro atoms. The molecule has 0 saturated heterocycles. The van der Waals surface area contributed by atoms with E-state index in [1.165, 1.54) is 0 Å². The summed E-state index contributed by atoms with van der Waals surface area (Å²) in [6.07, 6.45) is -8.37. The molecule has 2 N–H and O–H groups in total. The molecule has 1 heterocycles. The van der Waals surface area contributed by atoms with Gasteiger partial charge in [0.15, 0.2) is 5.75 Å². The van der Waals surface area contributed by atoms with Crippen molar-refractivity contribution in [3.63, 3.8) is 0 Å². The Kier molecular flexibility index (Phi) is 3.58. The molecule has 0 radical (unpaired) electrons. The van der Waals surface area contributed by atoms with Crippen molar-refractivity contribution in [2.24, 2.45) is 0 Å². The molecule has 100 valence electrons. The summed E-state index contributed by atoms with van der Waals surface area (Å²) in [5.41, 5.74) is -4.57. The summed E-state index contributed by atoms with van der Waals surface area (Å²) in [7, 11) is 0. The number of ether oxygens (including phenoxy) is 1. The van der Waals surface area contributed by atoms with Crippen molar-refractivity contribution >= 4 is 5.97 Å². The number of aromatic carboxylic acids is 1. The van der Waals surface area contributed by atoms with Crippen LogP contribution in [0.1, 0.15) is 22.5 Å². The van der Waals surface area contributed by atoms with Gasteiger partial charge in [-0.25, -0.2) is 13.6 Å².